The molecule has 1 fully saturated rings. The molecule has 2 heterocycles. The number of ether oxygens (including phenoxy) is 1. The molecule has 2 aromatic heterocycles. The van der Waals surface area contributed by atoms with E-state index in [1.54, 1.807) is 13.1 Å². The zero-order valence-corrected chi connectivity index (χ0v) is 13.6. The van der Waals surface area contributed by atoms with E-state index < -0.39 is 0 Å². The standard InChI is InChI=1S/C16H21N5O2/c1-10-14(5-4-6-17-10)23-9-15-19-20-16(21(15)3)12-7-13(8-12)18-11(2)22/h4-6,12-13H,7-9H2,1-3H3,(H,18,22). The first kappa shape index (κ1) is 15.5. The van der Waals surface area contributed by atoms with E-state index in [-0.39, 0.29) is 11.9 Å². The summed E-state index contributed by atoms with van der Waals surface area (Å²) in [7, 11) is 1.95. The molecule has 7 nitrogen and oxygen atoms in total. The Labute approximate surface area is 135 Å². The van der Waals surface area contributed by atoms with Gasteiger partial charge in [-0.25, -0.2) is 0 Å². The molecule has 2 aromatic rings. The third kappa shape index (κ3) is 3.33. The number of aromatic nitrogens is 4. The highest BCUT2D eigenvalue weighted by molar-refractivity contribution is 5.73. The van der Waals surface area contributed by atoms with Crippen molar-refractivity contribution < 1.29 is 9.53 Å². The molecule has 0 aromatic carbocycles. The van der Waals surface area contributed by atoms with Gasteiger partial charge in [-0.3, -0.25) is 9.78 Å². The number of carbonyl (C=O) groups excluding carboxylic acids is 1. The lowest BCUT2D eigenvalue weighted by Gasteiger charge is -2.34. The van der Waals surface area contributed by atoms with Gasteiger partial charge in [-0.1, -0.05) is 0 Å². The van der Waals surface area contributed by atoms with Crippen molar-refractivity contribution in [1.82, 2.24) is 25.1 Å². The van der Waals surface area contributed by atoms with E-state index in [1.165, 1.54) is 0 Å². The molecule has 3 rings (SSSR count). The van der Waals surface area contributed by atoms with Crippen LogP contribution in [0.3, 0.4) is 0 Å². The van der Waals surface area contributed by atoms with Crippen molar-refractivity contribution in [1.29, 1.82) is 0 Å². The number of rotatable bonds is 5. The number of hydrogen-bond donors (Lipinski definition) is 1. The quantitative estimate of drug-likeness (QED) is 0.904. The lowest BCUT2D eigenvalue weighted by molar-refractivity contribution is -0.120. The molecular formula is C16H21N5O2. The maximum atomic E-state index is 11.0. The lowest BCUT2D eigenvalue weighted by atomic mass is 9.79. The zero-order chi connectivity index (χ0) is 16.4. The van der Waals surface area contributed by atoms with Crippen LogP contribution in [0.1, 0.15) is 43.0 Å². The van der Waals surface area contributed by atoms with Crippen LogP contribution in [0.15, 0.2) is 18.3 Å². The predicted molar refractivity (Wildman–Crippen MR) is 83.9 cm³/mol. The Balaban J connectivity index is 1.60. The van der Waals surface area contributed by atoms with Crippen LogP contribution in [0.2, 0.25) is 0 Å². The smallest absolute Gasteiger partial charge is 0.217 e. The zero-order valence-electron chi connectivity index (χ0n) is 13.6. The van der Waals surface area contributed by atoms with Gasteiger partial charge < -0.3 is 14.6 Å². The lowest BCUT2D eigenvalue weighted by Crippen LogP contribution is -2.43. The van der Waals surface area contributed by atoms with Gasteiger partial charge in [-0.2, -0.15) is 0 Å². The summed E-state index contributed by atoms with van der Waals surface area (Å²) < 4.78 is 7.77. The molecule has 0 bridgehead atoms. The van der Waals surface area contributed by atoms with Crippen LogP contribution in [-0.2, 0) is 18.4 Å². The van der Waals surface area contributed by atoms with E-state index in [9.17, 15) is 4.79 Å². The third-order valence-electron chi connectivity index (χ3n) is 4.22. The molecule has 0 atom stereocenters. The Hall–Kier alpha value is -2.44. The molecule has 1 amide bonds. The molecule has 1 saturated carbocycles. The highest BCUT2D eigenvalue weighted by atomic mass is 16.5. The molecule has 0 spiro atoms. The van der Waals surface area contributed by atoms with E-state index in [2.05, 4.69) is 20.5 Å². The summed E-state index contributed by atoms with van der Waals surface area (Å²) in [5.41, 5.74) is 0.854. The van der Waals surface area contributed by atoms with Crippen LogP contribution in [0.5, 0.6) is 5.75 Å². The number of hydrogen-bond acceptors (Lipinski definition) is 5. The maximum Gasteiger partial charge on any atom is 0.217 e. The molecule has 122 valence electrons. The molecule has 0 saturated heterocycles. The fourth-order valence-electron chi connectivity index (χ4n) is 2.85. The van der Waals surface area contributed by atoms with Gasteiger partial charge in [-0.15, -0.1) is 10.2 Å². The molecule has 1 aliphatic rings. The van der Waals surface area contributed by atoms with Crippen molar-refractivity contribution in [2.45, 2.75) is 45.3 Å². The second-order valence-electron chi connectivity index (χ2n) is 5.97. The minimum absolute atomic E-state index is 0.0207. The van der Waals surface area contributed by atoms with Gasteiger partial charge in [0.25, 0.3) is 0 Å². The van der Waals surface area contributed by atoms with Crippen molar-refractivity contribution in [3.8, 4) is 5.75 Å². The molecule has 23 heavy (non-hydrogen) atoms. The topological polar surface area (TPSA) is 81.9 Å². The number of carbonyl (C=O) groups is 1. The third-order valence-corrected chi connectivity index (χ3v) is 4.22. The number of nitrogens with one attached hydrogen (secondary N) is 1. The first-order valence-corrected chi connectivity index (χ1v) is 7.74. The highest BCUT2D eigenvalue weighted by Gasteiger charge is 2.34. The van der Waals surface area contributed by atoms with E-state index in [1.807, 2.05) is 30.7 Å². The number of aryl methyl sites for hydroxylation is 1. The van der Waals surface area contributed by atoms with Crippen molar-refractivity contribution >= 4 is 5.91 Å². The van der Waals surface area contributed by atoms with E-state index in [0.29, 0.717) is 12.5 Å². The largest absolute Gasteiger partial charge is 0.484 e. The summed E-state index contributed by atoms with van der Waals surface area (Å²) in [6, 6.07) is 4.00. The Morgan fingerprint density at radius 1 is 1.43 bits per heavy atom. The average Bonchev–Trinajstić information content (AvgIpc) is 2.82. The number of amides is 1. The first-order chi connectivity index (χ1) is 11.0. The van der Waals surface area contributed by atoms with Crippen molar-refractivity contribution in [2.24, 2.45) is 7.05 Å². The number of nitrogens with zero attached hydrogens (tertiary/aromatic N) is 4. The van der Waals surface area contributed by atoms with Crippen molar-refractivity contribution in [2.75, 3.05) is 0 Å². The summed E-state index contributed by atoms with van der Waals surface area (Å²) >= 11 is 0. The minimum Gasteiger partial charge on any atom is -0.484 e. The van der Waals surface area contributed by atoms with Gasteiger partial charge in [-0.05, 0) is 31.9 Å². The summed E-state index contributed by atoms with van der Waals surface area (Å²) in [5.74, 6) is 2.86. The Bertz CT molecular complexity index is 706. The van der Waals surface area contributed by atoms with Crippen LogP contribution in [0.25, 0.3) is 0 Å². The summed E-state index contributed by atoms with van der Waals surface area (Å²) in [6.45, 7) is 3.82. The SMILES string of the molecule is CC(=O)NC1CC(c2nnc(COc3cccnc3C)n2C)C1. The summed E-state index contributed by atoms with van der Waals surface area (Å²) in [5, 5.41) is 11.5. The fourth-order valence-corrected chi connectivity index (χ4v) is 2.85. The predicted octanol–water partition coefficient (Wildman–Crippen LogP) is 1.48. The van der Waals surface area contributed by atoms with Gasteiger partial charge in [0.1, 0.15) is 18.2 Å². The molecule has 0 radical (unpaired) electrons. The van der Waals surface area contributed by atoms with Crippen LogP contribution < -0.4 is 10.1 Å². The Morgan fingerprint density at radius 3 is 2.91 bits per heavy atom. The molecule has 0 unspecified atom stereocenters. The average molecular weight is 315 g/mol. The number of pyridine rings is 1. The van der Waals surface area contributed by atoms with Crippen LogP contribution >= 0.6 is 0 Å². The second kappa shape index (κ2) is 6.36. The van der Waals surface area contributed by atoms with E-state index in [4.69, 9.17) is 4.74 Å². The van der Waals surface area contributed by atoms with Gasteiger partial charge >= 0.3 is 0 Å². The monoisotopic (exact) mass is 315 g/mol. The van der Waals surface area contributed by atoms with Crippen LogP contribution in [-0.4, -0.2) is 31.7 Å². The minimum atomic E-state index is 0.0207. The maximum absolute atomic E-state index is 11.0. The summed E-state index contributed by atoms with van der Waals surface area (Å²) in [6.07, 6.45) is 3.56. The normalized spacial score (nSPS) is 20.0. The Kier molecular flexibility index (Phi) is 4.27. The molecule has 1 aliphatic carbocycles. The highest BCUT2D eigenvalue weighted by Crippen LogP contribution is 2.35. The summed E-state index contributed by atoms with van der Waals surface area (Å²) in [4.78, 5) is 15.2. The fraction of sp³-hybridized carbons (Fsp3) is 0.500. The Morgan fingerprint density at radius 2 is 2.22 bits per heavy atom. The molecule has 0 aliphatic heterocycles. The van der Waals surface area contributed by atoms with Gasteiger partial charge in [0.15, 0.2) is 5.82 Å². The van der Waals surface area contributed by atoms with E-state index >= 15 is 0 Å². The van der Waals surface area contributed by atoms with Gasteiger partial charge in [0.2, 0.25) is 5.91 Å². The van der Waals surface area contributed by atoms with Crippen molar-refractivity contribution in [3.63, 3.8) is 0 Å². The van der Waals surface area contributed by atoms with Crippen LogP contribution in [0.4, 0.5) is 0 Å². The second-order valence-corrected chi connectivity index (χ2v) is 5.97. The van der Waals surface area contributed by atoms with E-state index in [0.717, 1.165) is 35.9 Å². The van der Waals surface area contributed by atoms with Gasteiger partial charge in [0, 0.05) is 32.1 Å². The first-order valence-electron chi connectivity index (χ1n) is 7.74. The molecule has 1 N–H and O–H groups in total. The molecular weight excluding hydrogens is 294 g/mol. The van der Waals surface area contributed by atoms with Crippen molar-refractivity contribution in [3.05, 3.63) is 35.7 Å². The molecule has 7 heteroatoms. The van der Waals surface area contributed by atoms with Crippen LogP contribution in [0, 0.1) is 6.92 Å². The van der Waals surface area contributed by atoms with Gasteiger partial charge in [0.05, 0.1) is 5.69 Å².